The molecule has 0 spiro atoms. The molecule has 0 unspecified atom stereocenters. The standard InChI is InChI=1S/C24H30FN7O4/c1-3-31-23(34)19(28-32(24(31)35)18-12-10-16(25)11-13-18)20-27-22(36-29-20)21(33)26-14-7-15-30(2)17-8-5-4-6-9-17/h10-13,17H,3-9,14-15H2,1-2H3,(H,26,33). The minimum absolute atomic E-state index is 0.0644. The van der Waals surface area contributed by atoms with E-state index in [0.717, 1.165) is 22.2 Å². The molecule has 1 aliphatic carbocycles. The molecule has 4 rings (SSSR count). The minimum atomic E-state index is -0.723. The van der Waals surface area contributed by atoms with E-state index in [2.05, 4.69) is 32.5 Å². The van der Waals surface area contributed by atoms with Crippen molar-refractivity contribution in [1.82, 2.24) is 34.7 Å². The van der Waals surface area contributed by atoms with E-state index in [1.165, 1.54) is 56.4 Å². The molecule has 3 aromatic rings. The molecule has 0 bridgehead atoms. The van der Waals surface area contributed by atoms with Gasteiger partial charge in [0.05, 0.1) is 5.69 Å². The molecule has 192 valence electrons. The number of carbonyl (C=O) groups excluding carboxylic acids is 1. The highest BCUT2D eigenvalue weighted by atomic mass is 19.1. The molecular weight excluding hydrogens is 469 g/mol. The van der Waals surface area contributed by atoms with E-state index in [1.807, 2.05) is 0 Å². The van der Waals surface area contributed by atoms with Crippen LogP contribution in [-0.2, 0) is 6.54 Å². The number of benzene rings is 1. The lowest BCUT2D eigenvalue weighted by Crippen LogP contribution is -2.41. The number of halogens is 1. The van der Waals surface area contributed by atoms with E-state index < -0.39 is 23.0 Å². The van der Waals surface area contributed by atoms with Crippen molar-refractivity contribution >= 4 is 5.91 Å². The van der Waals surface area contributed by atoms with Crippen LogP contribution in [0.5, 0.6) is 0 Å². The van der Waals surface area contributed by atoms with Crippen molar-refractivity contribution in [1.29, 1.82) is 0 Å². The van der Waals surface area contributed by atoms with Gasteiger partial charge in [-0.3, -0.25) is 14.2 Å². The number of nitrogens with zero attached hydrogens (tertiary/aromatic N) is 6. The van der Waals surface area contributed by atoms with Crippen molar-refractivity contribution in [3.63, 3.8) is 0 Å². The van der Waals surface area contributed by atoms with Crippen LogP contribution in [-0.4, -0.2) is 61.5 Å². The first-order valence-corrected chi connectivity index (χ1v) is 12.2. The van der Waals surface area contributed by atoms with Gasteiger partial charge in [-0.15, -0.1) is 0 Å². The Bertz CT molecular complexity index is 1310. The average molecular weight is 500 g/mol. The topological polar surface area (TPSA) is 128 Å². The highest BCUT2D eigenvalue weighted by molar-refractivity contribution is 5.89. The van der Waals surface area contributed by atoms with Gasteiger partial charge in [0.1, 0.15) is 5.82 Å². The fraction of sp³-hybridized carbons (Fsp3) is 0.500. The molecule has 11 nitrogen and oxygen atoms in total. The second kappa shape index (κ2) is 11.4. The summed E-state index contributed by atoms with van der Waals surface area (Å²) < 4.78 is 20.3. The van der Waals surface area contributed by atoms with Gasteiger partial charge < -0.3 is 14.7 Å². The summed E-state index contributed by atoms with van der Waals surface area (Å²) in [6.07, 6.45) is 7.05. The largest absolute Gasteiger partial charge is 0.352 e. The molecular formula is C24H30FN7O4. The Hall–Kier alpha value is -3.67. The van der Waals surface area contributed by atoms with Crippen molar-refractivity contribution < 1.29 is 13.7 Å². The molecule has 12 heteroatoms. The molecule has 1 aromatic carbocycles. The summed E-state index contributed by atoms with van der Waals surface area (Å²) in [6, 6.07) is 5.67. The average Bonchev–Trinajstić information content (AvgIpc) is 3.38. The van der Waals surface area contributed by atoms with Gasteiger partial charge in [0, 0.05) is 19.1 Å². The molecule has 1 saturated carbocycles. The Kier molecular flexibility index (Phi) is 8.04. The molecule has 0 aliphatic heterocycles. The quantitative estimate of drug-likeness (QED) is 0.443. The van der Waals surface area contributed by atoms with E-state index in [9.17, 15) is 18.8 Å². The van der Waals surface area contributed by atoms with Crippen molar-refractivity contribution in [3.05, 3.63) is 56.8 Å². The molecule has 2 heterocycles. The van der Waals surface area contributed by atoms with E-state index >= 15 is 0 Å². The summed E-state index contributed by atoms with van der Waals surface area (Å²) in [7, 11) is 2.11. The first-order chi connectivity index (χ1) is 17.4. The molecule has 1 aliphatic rings. The minimum Gasteiger partial charge on any atom is -0.348 e. The summed E-state index contributed by atoms with van der Waals surface area (Å²) in [4.78, 5) is 44.5. The van der Waals surface area contributed by atoms with Crippen molar-refractivity contribution in [2.75, 3.05) is 20.1 Å². The molecule has 1 N–H and O–H groups in total. The highest BCUT2D eigenvalue weighted by Gasteiger charge is 2.23. The Balaban J connectivity index is 1.46. The number of amides is 1. The third kappa shape index (κ3) is 5.59. The van der Waals surface area contributed by atoms with Gasteiger partial charge in [-0.1, -0.05) is 24.4 Å². The molecule has 1 amide bonds. The predicted octanol–water partition coefficient (Wildman–Crippen LogP) is 1.99. The number of hydrogen-bond acceptors (Lipinski definition) is 8. The second-order valence-electron chi connectivity index (χ2n) is 8.87. The van der Waals surface area contributed by atoms with E-state index in [-0.39, 0.29) is 29.6 Å². The lowest BCUT2D eigenvalue weighted by atomic mass is 9.94. The van der Waals surface area contributed by atoms with Crippen molar-refractivity contribution in [2.24, 2.45) is 0 Å². The fourth-order valence-electron chi connectivity index (χ4n) is 4.41. The van der Waals surface area contributed by atoms with E-state index in [1.54, 1.807) is 6.92 Å². The highest BCUT2D eigenvalue weighted by Crippen LogP contribution is 2.21. The van der Waals surface area contributed by atoms with Crippen LogP contribution < -0.4 is 16.6 Å². The lowest BCUT2D eigenvalue weighted by Gasteiger charge is -2.31. The van der Waals surface area contributed by atoms with Gasteiger partial charge in [-0.25, -0.2) is 9.18 Å². The van der Waals surface area contributed by atoms with Crippen LogP contribution in [0.2, 0.25) is 0 Å². The monoisotopic (exact) mass is 499 g/mol. The SMILES string of the molecule is CCn1c(=O)c(-c2noc(C(=O)NCCCN(C)C3CCCCC3)n2)nn(-c2ccc(F)cc2)c1=O. The molecule has 2 aromatic heterocycles. The molecule has 0 saturated heterocycles. The zero-order chi connectivity index (χ0) is 25.7. The van der Waals surface area contributed by atoms with Crippen molar-refractivity contribution in [2.45, 2.75) is 58.0 Å². The summed E-state index contributed by atoms with van der Waals surface area (Å²) in [5.74, 6) is -1.57. The van der Waals surface area contributed by atoms with Crippen LogP contribution in [0.4, 0.5) is 4.39 Å². The summed E-state index contributed by atoms with van der Waals surface area (Å²) in [5, 5.41) is 10.6. The van der Waals surface area contributed by atoms with Gasteiger partial charge in [-0.2, -0.15) is 14.8 Å². The number of nitrogens with one attached hydrogen (secondary N) is 1. The predicted molar refractivity (Wildman–Crippen MR) is 129 cm³/mol. The normalized spacial score (nSPS) is 14.3. The van der Waals surface area contributed by atoms with Gasteiger partial charge >= 0.3 is 17.5 Å². The number of aromatic nitrogens is 5. The van der Waals surface area contributed by atoms with Gasteiger partial charge in [-0.05, 0) is 64.0 Å². The van der Waals surface area contributed by atoms with Gasteiger partial charge in [0.25, 0.3) is 5.56 Å². The third-order valence-corrected chi connectivity index (χ3v) is 6.45. The maximum absolute atomic E-state index is 13.3. The van der Waals surface area contributed by atoms with Crippen LogP contribution in [0.25, 0.3) is 17.2 Å². The summed E-state index contributed by atoms with van der Waals surface area (Å²) >= 11 is 0. The van der Waals surface area contributed by atoms with Crippen LogP contribution in [0.1, 0.15) is 56.1 Å². The van der Waals surface area contributed by atoms with Gasteiger partial charge in [0.15, 0.2) is 5.69 Å². The van der Waals surface area contributed by atoms with Crippen LogP contribution in [0, 0.1) is 5.82 Å². The lowest BCUT2D eigenvalue weighted by molar-refractivity contribution is 0.0906. The summed E-state index contributed by atoms with van der Waals surface area (Å²) in [6.45, 7) is 2.99. The number of hydrogen-bond donors (Lipinski definition) is 1. The summed E-state index contributed by atoms with van der Waals surface area (Å²) in [5.41, 5.74) is -1.43. The van der Waals surface area contributed by atoms with Crippen LogP contribution in [0.3, 0.4) is 0 Å². The first kappa shape index (κ1) is 25.4. The number of rotatable bonds is 9. The zero-order valence-corrected chi connectivity index (χ0v) is 20.4. The van der Waals surface area contributed by atoms with Crippen molar-refractivity contribution in [3.8, 4) is 17.2 Å². The van der Waals surface area contributed by atoms with E-state index in [0.29, 0.717) is 12.6 Å². The maximum Gasteiger partial charge on any atom is 0.352 e. The molecule has 36 heavy (non-hydrogen) atoms. The Morgan fingerprint density at radius 2 is 1.92 bits per heavy atom. The Labute approximate surface area is 206 Å². The zero-order valence-electron chi connectivity index (χ0n) is 20.4. The molecule has 0 radical (unpaired) electrons. The Morgan fingerprint density at radius 1 is 1.19 bits per heavy atom. The van der Waals surface area contributed by atoms with Crippen LogP contribution in [0.15, 0.2) is 38.4 Å². The fourth-order valence-corrected chi connectivity index (χ4v) is 4.41. The Morgan fingerprint density at radius 3 is 2.61 bits per heavy atom. The van der Waals surface area contributed by atoms with Crippen LogP contribution >= 0.6 is 0 Å². The smallest absolute Gasteiger partial charge is 0.348 e. The first-order valence-electron chi connectivity index (χ1n) is 12.2. The number of carbonyl (C=O) groups is 1. The maximum atomic E-state index is 13.3. The van der Waals surface area contributed by atoms with Gasteiger partial charge in [0.2, 0.25) is 5.82 Å². The van der Waals surface area contributed by atoms with E-state index in [4.69, 9.17) is 4.52 Å². The molecule has 0 atom stereocenters. The second-order valence-corrected chi connectivity index (χ2v) is 8.87. The molecule has 1 fully saturated rings. The third-order valence-electron chi connectivity index (χ3n) is 6.45.